The van der Waals surface area contributed by atoms with Crippen LogP contribution in [0.15, 0.2) is 53.3 Å². The molecule has 0 aliphatic carbocycles. The molecule has 2 aromatic carbocycles. The molecule has 7 nitrogen and oxygen atoms in total. The van der Waals surface area contributed by atoms with Crippen LogP contribution in [0, 0.1) is 0 Å². The lowest BCUT2D eigenvalue weighted by Gasteiger charge is -2.16. The van der Waals surface area contributed by atoms with Crippen LogP contribution in [-0.2, 0) is 25.8 Å². The Morgan fingerprint density at radius 2 is 1.71 bits per heavy atom. The van der Waals surface area contributed by atoms with E-state index in [1.165, 1.54) is 0 Å². The van der Waals surface area contributed by atoms with E-state index in [-0.39, 0.29) is 5.56 Å². The standard InChI is InChI=1S/C27H32N6O/c1-4-7-12-24-23(27(34)33(17-5-2)25(6-3)28-24)18-19-13-15-20(16-14-19)21-10-8-9-11-22(21)26-29-31-32-30-26/h8-11,13-16H,4-7,12,17-18H2,1-3H3,(H,29,30,31,32). The summed E-state index contributed by atoms with van der Waals surface area (Å²) in [5, 5.41) is 14.5. The number of H-pyrrole nitrogens is 1. The Morgan fingerprint density at radius 3 is 2.35 bits per heavy atom. The smallest absolute Gasteiger partial charge is 0.257 e. The van der Waals surface area contributed by atoms with Crippen LogP contribution in [0.3, 0.4) is 0 Å². The molecule has 0 aliphatic heterocycles. The Hall–Kier alpha value is -3.61. The van der Waals surface area contributed by atoms with E-state index >= 15 is 0 Å². The SMILES string of the molecule is CCCCc1nc(CC)n(CCC)c(=O)c1Cc1ccc(-c2ccccc2-c2nn[nH]n2)cc1. The number of hydrogen-bond donors (Lipinski definition) is 1. The highest BCUT2D eigenvalue weighted by molar-refractivity contribution is 5.80. The molecule has 4 rings (SSSR count). The third-order valence-corrected chi connectivity index (χ3v) is 6.12. The number of hydrogen-bond acceptors (Lipinski definition) is 5. The predicted octanol–water partition coefficient (Wildman–Crippen LogP) is 5.00. The normalized spacial score (nSPS) is 11.1. The van der Waals surface area contributed by atoms with Crippen LogP contribution in [0.1, 0.15) is 62.7 Å². The monoisotopic (exact) mass is 456 g/mol. The number of rotatable bonds is 10. The third kappa shape index (κ3) is 4.98. The quantitative estimate of drug-likeness (QED) is 0.363. The van der Waals surface area contributed by atoms with Crippen molar-refractivity contribution >= 4 is 0 Å². The molecule has 4 aromatic rings. The van der Waals surface area contributed by atoms with E-state index in [2.05, 4.69) is 71.7 Å². The lowest BCUT2D eigenvalue weighted by Crippen LogP contribution is -2.30. The second-order valence-electron chi connectivity index (χ2n) is 8.52. The molecule has 0 spiro atoms. The number of tetrazole rings is 1. The van der Waals surface area contributed by atoms with E-state index in [0.717, 1.165) is 71.4 Å². The Kier molecular flexibility index (Phi) is 7.62. The number of aryl methyl sites for hydroxylation is 2. The molecule has 0 fully saturated rings. The summed E-state index contributed by atoms with van der Waals surface area (Å²) < 4.78 is 1.88. The van der Waals surface area contributed by atoms with Gasteiger partial charge in [-0.05, 0) is 41.2 Å². The van der Waals surface area contributed by atoms with E-state index < -0.39 is 0 Å². The topological polar surface area (TPSA) is 89.4 Å². The average molecular weight is 457 g/mol. The molecule has 0 aliphatic rings. The van der Waals surface area contributed by atoms with E-state index in [0.29, 0.717) is 18.8 Å². The first-order valence-corrected chi connectivity index (χ1v) is 12.2. The van der Waals surface area contributed by atoms with Crippen LogP contribution in [-0.4, -0.2) is 30.2 Å². The maximum absolute atomic E-state index is 13.5. The highest BCUT2D eigenvalue weighted by atomic mass is 16.1. The minimum absolute atomic E-state index is 0.117. The molecular weight excluding hydrogens is 424 g/mol. The molecule has 2 heterocycles. The van der Waals surface area contributed by atoms with Crippen LogP contribution in [0.4, 0.5) is 0 Å². The van der Waals surface area contributed by atoms with Gasteiger partial charge in [0.25, 0.3) is 5.56 Å². The largest absolute Gasteiger partial charge is 0.296 e. The minimum atomic E-state index is 0.117. The number of unbranched alkanes of at least 4 members (excludes halogenated alkanes) is 1. The fraction of sp³-hybridized carbons (Fsp3) is 0.370. The summed E-state index contributed by atoms with van der Waals surface area (Å²) in [7, 11) is 0. The summed E-state index contributed by atoms with van der Waals surface area (Å²) in [4.78, 5) is 18.4. The van der Waals surface area contributed by atoms with Crippen LogP contribution in [0.2, 0.25) is 0 Å². The summed E-state index contributed by atoms with van der Waals surface area (Å²) in [5.74, 6) is 1.47. The number of aromatic nitrogens is 6. The Morgan fingerprint density at radius 1 is 0.941 bits per heavy atom. The summed E-state index contributed by atoms with van der Waals surface area (Å²) in [6.45, 7) is 7.05. The lowest BCUT2D eigenvalue weighted by molar-refractivity contribution is 0.585. The van der Waals surface area contributed by atoms with Crippen molar-refractivity contribution in [2.24, 2.45) is 0 Å². The second kappa shape index (κ2) is 11.0. The van der Waals surface area contributed by atoms with Gasteiger partial charge >= 0.3 is 0 Å². The van der Waals surface area contributed by atoms with E-state index in [1.807, 2.05) is 22.8 Å². The summed E-state index contributed by atoms with van der Waals surface area (Å²) in [5.41, 5.74) is 6.04. The zero-order chi connectivity index (χ0) is 23.9. The molecule has 34 heavy (non-hydrogen) atoms. The fourth-order valence-corrected chi connectivity index (χ4v) is 4.35. The molecule has 0 saturated heterocycles. The summed E-state index contributed by atoms with van der Waals surface area (Å²) in [6.07, 6.45) is 5.23. The van der Waals surface area contributed by atoms with E-state index in [4.69, 9.17) is 4.98 Å². The van der Waals surface area contributed by atoms with Gasteiger partial charge in [0.1, 0.15) is 5.82 Å². The molecule has 7 heteroatoms. The molecule has 176 valence electrons. The van der Waals surface area contributed by atoms with Crippen LogP contribution < -0.4 is 5.56 Å². The Bertz CT molecular complexity index is 1280. The number of aromatic amines is 1. The molecule has 0 atom stereocenters. The van der Waals surface area contributed by atoms with Crippen molar-refractivity contribution in [1.82, 2.24) is 30.2 Å². The minimum Gasteiger partial charge on any atom is -0.296 e. The zero-order valence-corrected chi connectivity index (χ0v) is 20.2. The molecule has 0 bridgehead atoms. The Labute approximate surface area is 200 Å². The van der Waals surface area contributed by atoms with Gasteiger partial charge in [0.05, 0.1) is 5.69 Å². The van der Waals surface area contributed by atoms with Gasteiger partial charge in [0.15, 0.2) is 0 Å². The van der Waals surface area contributed by atoms with Gasteiger partial charge in [0.2, 0.25) is 5.82 Å². The van der Waals surface area contributed by atoms with Gasteiger partial charge in [-0.3, -0.25) is 9.36 Å². The maximum Gasteiger partial charge on any atom is 0.257 e. The van der Waals surface area contributed by atoms with Gasteiger partial charge in [0, 0.05) is 30.5 Å². The van der Waals surface area contributed by atoms with Crippen molar-refractivity contribution in [3.8, 4) is 22.5 Å². The van der Waals surface area contributed by atoms with Crippen molar-refractivity contribution in [1.29, 1.82) is 0 Å². The van der Waals surface area contributed by atoms with Crippen LogP contribution in [0.25, 0.3) is 22.5 Å². The van der Waals surface area contributed by atoms with Crippen LogP contribution >= 0.6 is 0 Å². The molecule has 0 amide bonds. The number of benzene rings is 2. The van der Waals surface area contributed by atoms with E-state index in [9.17, 15) is 4.79 Å². The van der Waals surface area contributed by atoms with Gasteiger partial charge < -0.3 is 0 Å². The molecule has 0 unspecified atom stereocenters. The van der Waals surface area contributed by atoms with Crippen molar-refractivity contribution in [3.63, 3.8) is 0 Å². The first-order chi connectivity index (χ1) is 16.7. The second-order valence-corrected chi connectivity index (χ2v) is 8.52. The van der Waals surface area contributed by atoms with Crippen LogP contribution in [0.5, 0.6) is 0 Å². The lowest BCUT2D eigenvalue weighted by atomic mass is 9.96. The molecule has 2 aromatic heterocycles. The van der Waals surface area contributed by atoms with Gasteiger partial charge in [-0.15, -0.1) is 10.2 Å². The average Bonchev–Trinajstić information content (AvgIpc) is 3.41. The zero-order valence-electron chi connectivity index (χ0n) is 20.2. The van der Waals surface area contributed by atoms with Crippen molar-refractivity contribution in [3.05, 3.63) is 81.5 Å². The maximum atomic E-state index is 13.5. The van der Waals surface area contributed by atoms with Gasteiger partial charge in [-0.2, -0.15) is 5.21 Å². The van der Waals surface area contributed by atoms with Crippen molar-refractivity contribution in [2.45, 2.75) is 65.8 Å². The van der Waals surface area contributed by atoms with Gasteiger partial charge in [-0.25, -0.2) is 4.98 Å². The molecular formula is C27H32N6O. The number of nitrogens with one attached hydrogen (secondary N) is 1. The van der Waals surface area contributed by atoms with Gasteiger partial charge in [-0.1, -0.05) is 75.7 Å². The predicted molar refractivity (Wildman–Crippen MR) is 135 cm³/mol. The van der Waals surface area contributed by atoms with Crippen molar-refractivity contribution in [2.75, 3.05) is 0 Å². The third-order valence-electron chi connectivity index (χ3n) is 6.12. The highest BCUT2D eigenvalue weighted by Gasteiger charge is 2.16. The molecule has 0 saturated carbocycles. The fourth-order valence-electron chi connectivity index (χ4n) is 4.35. The number of nitrogens with zero attached hydrogens (tertiary/aromatic N) is 5. The first kappa shape index (κ1) is 23.5. The summed E-state index contributed by atoms with van der Waals surface area (Å²) in [6, 6.07) is 16.4. The van der Waals surface area contributed by atoms with Crippen molar-refractivity contribution < 1.29 is 0 Å². The molecule has 0 radical (unpaired) electrons. The molecule has 1 N–H and O–H groups in total. The Balaban J connectivity index is 1.68. The van der Waals surface area contributed by atoms with E-state index in [1.54, 1.807) is 0 Å². The first-order valence-electron chi connectivity index (χ1n) is 12.2. The highest BCUT2D eigenvalue weighted by Crippen LogP contribution is 2.30. The summed E-state index contributed by atoms with van der Waals surface area (Å²) >= 11 is 0.